The molecule has 1 aliphatic carbocycles. The van der Waals surface area contributed by atoms with Crippen molar-refractivity contribution in [1.29, 1.82) is 0 Å². The van der Waals surface area contributed by atoms with Crippen LogP contribution >= 0.6 is 12.4 Å². The number of halogens is 1. The van der Waals surface area contributed by atoms with E-state index in [0.29, 0.717) is 30.0 Å². The molecule has 0 spiro atoms. The van der Waals surface area contributed by atoms with Crippen molar-refractivity contribution in [2.75, 3.05) is 22.9 Å². The van der Waals surface area contributed by atoms with Crippen LogP contribution < -0.4 is 20.5 Å². The summed E-state index contributed by atoms with van der Waals surface area (Å²) in [6.07, 6.45) is 4.34. The zero-order valence-electron chi connectivity index (χ0n) is 14.5. The molecule has 4 N–H and O–H groups in total. The van der Waals surface area contributed by atoms with Crippen LogP contribution in [0.4, 0.5) is 11.4 Å². The maximum atomic E-state index is 12.5. The van der Waals surface area contributed by atoms with E-state index in [1.165, 1.54) is 7.11 Å². The highest BCUT2D eigenvalue weighted by atomic mass is 35.5. The Morgan fingerprint density at radius 1 is 1.28 bits per heavy atom. The molecule has 0 unspecified atom stereocenters. The minimum absolute atomic E-state index is 0. The summed E-state index contributed by atoms with van der Waals surface area (Å²) in [6, 6.07) is 4.77. The topological polar surface area (TPSA) is 111 Å². The number of benzene rings is 1. The first-order valence-corrected chi connectivity index (χ1v) is 9.74. The summed E-state index contributed by atoms with van der Waals surface area (Å²) >= 11 is 0. The summed E-state index contributed by atoms with van der Waals surface area (Å²) in [5.74, 6) is 0.0790. The van der Waals surface area contributed by atoms with E-state index in [2.05, 4.69) is 10.0 Å². The van der Waals surface area contributed by atoms with Crippen molar-refractivity contribution in [3.63, 3.8) is 0 Å². The van der Waals surface area contributed by atoms with Crippen LogP contribution in [0.5, 0.6) is 5.75 Å². The van der Waals surface area contributed by atoms with Gasteiger partial charge in [-0.1, -0.05) is 19.3 Å². The smallest absolute Gasteiger partial charge is 0.244 e. The fourth-order valence-corrected chi connectivity index (χ4v) is 3.41. The zero-order valence-corrected chi connectivity index (χ0v) is 16.1. The minimum Gasteiger partial charge on any atom is -0.494 e. The summed E-state index contributed by atoms with van der Waals surface area (Å²) in [5, 5.41) is 2.81. The van der Waals surface area contributed by atoms with E-state index in [1.54, 1.807) is 25.1 Å². The SMILES string of the molecule is CCS(=O)(=O)Nc1ccc(NC(=O)C2(N)CCCCC2)cc1OC.Cl. The number of nitrogens with one attached hydrogen (secondary N) is 2. The predicted octanol–water partition coefficient (Wildman–Crippen LogP) is 2.48. The van der Waals surface area contributed by atoms with Gasteiger partial charge in [-0.15, -0.1) is 12.4 Å². The van der Waals surface area contributed by atoms with Crippen molar-refractivity contribution in [3.05, 3.63) is 18.2 Å². The Morgan fingerprint density at radius 2 is 1.92 bits per heavy atom. The molecule has 1 amide bonds. The van der Waals surface area contributed by atoms with Crippen LogP contribution in [-0.4, -0.2) is 32.7 Å². The van der Waals surface area contributed by atoms with Gasteiger partial charge in [-0.25, -0.2) is 8.42 Å². The van der Waals surface area contributed by atoms with Crippen molar-refractivity contribution in [3.8, 4) is 5.75 Å². The predicted molar refractivity (Wildman–Crippen MR) is 102 cm³/mol. The maximum absolute atomic E-state index is 12.5. The lowest BCUT2D eigenvalue weighted by molar-refractivity contribution is -0.122. The van der Waals surface area contributed by atoms with Gasteiger partial charge in [0.25, 0.3) is 0 Å². The number of amides is 1. The number of methoxy groups -OCH3 is 1. The summed E-state index contributed by atoms with van der Waals surface area (Å²) in [6.45, 7) is 1.55. The van der Waals surface area contributed by atoms with Gasteiger partial charge in [-0.05, 0) is 31.9 Å². The van der Waals surface area contributed by atoms with Crippen LogP contribution in [0.3, 0.4) is 0 Å². The molecule has 142 valence electrons. The summed E-state index contributed by atoms with van der Waals surface area (Å²) in [5.41, 5.74) is 6.23. The highest BCUT2D eigenvalue weighted by molar-refractivity contribution is 7.92. The Morgan fingerprint density at radius 3 is 2.48 bits per heavy atom. The van der Waals surface area contributed by atoms with E-state index < -0.39 is 15.6 Å². The molecule has 1 saturated carbocycles. The molecule has 0 atom stereocenters. The van der Waals surface area contributed by atoms with Gasteiger partial charge in [0.2, 0.25) is 15.9 Å². The molecule has 1 aromatic rings. The third-order valence-electron chi connectivity index (χ3n) is 4.30. The van der Waals surface area contributed by atoms with Crippen molar-refractivity contribution >= 4 is 39.7 Å². The van der Waals surface area contributed by atoms with Gasteiger partial charge in [0, 0.05) is 11.8 Å². The number of hydrogen-bond donors (Lipinski definition) is 3. The summed E-state index contributed by atoms with van der Waals surface area (Å²) < 4.78 is 31.1. The Balaban J connectivity index is 0.00000312. The highest BCUT2D eigenvalue weighted by Gasteiger charge is 2.35. The molecule has 0 bridgehead atoms. The molecular formula is C16H26ClN3O4S. The molecule has 0 aromatic heterocycles. The first kappa shape index (κ1) is 21.5. The van der Waals surface area contributed by atoms with Crippen molar-refractivity contribution < 1.29 is 17.9 Å². The summed E-state index contributed by atoms with van der Waals surface area (Å²) in [4.78, 5) is 12.5. The van der Waals surface area contributed by atoms with Gasteiger partial charge in [-0.3, -0.25) is 9.52 Å². The second-order valence-electron chi connectivity index (χ2n) is 6.09. The molecule has 25 heavy (non-hydrogen) atoms. The van der Waals surface area contributed by atoms with E-state index in [4.69, 9.17) is 10.5 Å². The molecule has 1 fully saturated rings. The molecule has 2 rings (SSSR count). The monoisotopic (exact) mass is 391 g/mol. The van der Waals surface area contributed by atoms with E-state index in [1.807, 2.05) is 0 Å². The average molecular weight is 392 g/mol. The number of carbonyl (C=O) groups is 1. The molecule has 0 heterocycles. The van der Waals surface area contributed by atoms with Crippen LogP contribution in [0.15, 0.2) is 18.2 Å². The number of anilines is 2. The van der Waals surface area contributed by atoms with E-state index in [-0.39, 0.29) is 24.1 Å². The first-order valence-electron chi connectivity index (χ1n) is 8.08. The molecule has 0 radical (unpaired) electrons. The fraction of sp³-hybridized carbons (Fsp3) is 0.562. The highest BCUT2D eigenvalue weighted by Crippen LogP contribution is 2.31. The average Bonchev–Trinajstić information content (AvgIpc) is 2.56. The van der Waals surface area contributed by atoms with Gasteiger partial charge in [0.1, 0.15) is 5.75 Å². The minimum atomic E-state index is -3.41. The maximum Gasteiger partial charge on any atom is 0.244 e. The third kappa shape index (κ3) is 5.49. The molecule has 1 aromatic carbocycles. The number of hydrogen-bond acceptors (Lipinski definition) is 5. The second-order valence-corrected chi connectivity index (χ2v) is 8.10. The van der Waals surface area contributed by atoms with Crippen LogP contribution in [0.1, 0.15) is 39.0 Å². The normalized spacial score (nSPS) is 16.4. The Labute approximate surface area is 155 Å². The quantitative estimate of drug-likeness (QED) is 0.689. The van der Waals surface area contributed by atoms with Crippen LogP contribution in [0, 0.1) is 0 Å². The van der Waals surface area contributed by atoms with E-state index >= 15 is 0 Å². The molecule has 0 aliphatic heterocycles. The lowest BCUT2D eigenvalue weighted by Crippen LogP contribution is -2.52. The number of carbonyl (C=O) groups excluding carboxylic acids is 1. The largest absolute Gasteiger partial charge is 0.494 e. The fourth-order valence-electron chi connectivity index (χ4n) is 2.76. The second kappa shape index (κ2) is 8.73. The van der Waals surface area contributed by atoms with Gasteiger partial charge in [0.15, 0.2) is 0 Å². The zero-order chi connectivity index (χ0) is 17.8. The number of ether oxygens (including phenoxy) is 1. The van der Waals surface area contributed by atoms with Crippen molar-refractivity contribution in [1.82, 2.24) is 0 Å². The van der Waals surface area contributed by atoms with Crippen LogP contribution in [0.25, 0.3) is 0 Å². The van der Waals surface area contributed by atoms with Crippen molar-refractivity contribution in [2.24, 2.45) is 5.73 Å². The number of nitrogens with two attached hydrogens (primary N) is 1. The van der Waals surface area contributed by atoms with Gasteiger partial charge in [-0.2, -0.15) is 0 Å². The van der Waals surface area contributed by atoms with Gasteiger partial charge >= 0.3 is 0 Å². The van der Waals surface area contributed by atoms with E-state index in [9.17, 15) is 13.2 Å². The Kier molecular flexibility index (Phi) is 7.52. The third-order valence-corrected chi connectivity index (χ3v) is 5.59. The van der Waals surface area contributed by atoms with Crippen LogP contribution in [-0.2, 0) is 14.8 Å². The Hall–Kier alpha value is -1.51. The first-order chi connectivity index (χ1) is 11.3. The van der Waals surface area contributed by atoms with Gasteiger partial charge in [0.05, 0.1) is 24.1 Å². The van der Waals surface area contributed by atoms with Gasteiger partial charge < -0.3 is 15.8 Å². The molecule has 1 aliphatic rings. The molecule has 9 heteroatoms. The number of rotatable bonds is 6. The summed E-state index contributed by atoms with van der Waals surface area (Å²) in [7, 11) is -1.96. The molecule has 7 nitrogen and oxygen atoms in total. The Bertz CT molecular complexity index is 703. The van der Waals surface area contributed by atoms with Crippen LogP contribution in [0.2, 0.25) is 0 Å². The van der Waals surface area contributed by atoms with Crippen molar-refractivity contribution in [2.45, 2.75) is 44.6 Å². The van der Waals surface area contributed by atoms with E-state index in [0.717, 1.165) is 19.3 Å². The lowest BCUT2D eigenvalue weighted by atomic mass is 9.82. The lowest BCUT2D eigenvalue weighted by Gasteiger charge is -2.31. The molecule has 0 saturated heterocycles. The standard InChI is InChI=1S/C16H25N3O4S.ClH/c1-3-24(21,22)19-13-8-7-12(11-14(13)23-2)18-15(20)16(17)9-5-4-6-10-16;/h7-8,11,19H,3-6,9-10,17H2,1-2H3,(H,18,20);1H. The number of sulfonamides is 1. The molecular weight excluding hydrogens is 366 g/mol.